The molecule has 2 aromatic heterocycles. The lowest BCUT2D eigenvalue weighted by Gasteiger charge is -2.08. The highest BCUT2D eigenvalue weighted by Gasteiger charge is 2.16. The molecule has 0 spiro atoms. The molecule has 2 heterocycles. The molecule has 0 aliphatic heterocycles. The van der Waals surface area contributed by atoms with Gasteiger partial charge in [0.2, 0.25) is 5.88 Å². The van der Waals surface area contributed by atoms with Gasteiger partial charge in [0.15, 0.2) is 0 Å². The SMILES string of the molecule is CCOC(=O)Oc1ncc2[nH]c3ccc(Oc4ccc([N+](=O)[O-])cc4)cc3c2c1C. The van der Waals surface area contributed by atoms with Gasteiger partial charge in [0.05, 0.1) is 23.2 Å². The number of carbonyl (C=O) groups is 1. The number of H-pyrrole nitrogens is 1. The van der Waals surface area contributed by atoms with Crippen molar-refractivity contribution in [3.8, 4) is 17.4 Å². The Bertz CT molecular complexity index is 1260. The van der Waals surface area contributed by atoms with Crippen molar-refractivity contribution >= 4 is 33.6 Å². The quantitative estimate of drug-likeness (QED) is 0.272. The van der Waals surface area contributed by atoms with E-state index in [1.54, 1.807) is 26.1 Å². The minimum absolute atomic E-state index is 0.00770. The second-order valence-corrected chi connectivity index (χ2v) is 6.45. The highest BCUT2D eigenvalue weighted by molar-refractivity contribution is 6.09. The first-order valence-electron chi connectivity index (χ1n) is 9.14. The first-order chi connectivity index (χ1) is 14.5. The van der Waals surface area contributed by atoms with Gasteiger partial charge in [-0.25, -0.2) is 9.78 Å². The summed E-state index contributed by atoms with van der Waals surface area (Å²) < 4.78 is 15.9. The number of benzene rings is 2. The summed E-state index contributed by atoms with van der Waals surface area (Å²) in [6.45, 7) is 3.70. The molecule has 9 heteroatoms. The molecule has 2 aromatic carbocycles. The molecule has 0 atom stereocenters. The van der Waals surface area contributed by atoms with Crippen LogP contribution < -0.4 is 9.47 Å². The number of nitrogens with zero attached hydrogens (tertiary/aromatic N) is 2. The number of rotatable bonds is 5. The lowest BCUT2D eigenvalue weighted by molar-refractivity contribution is -0.384. The number of nitrogens with one attached hydrogen (secondary N) is 1. The molecule has 0 aliphatic rings. The maximum atomic E-state index is 11.7. The number of nitro benzene ring substituents is 1. The van der Waals surface area contributed by atoms with E-state index in [-0.39, 0.29) is 18.2 Å². The first kappa shape index (κ1) is 19.2. The molecule has 0 unspecified atom stereocenters. The van der Waals surface area contributed by atoms with E-state index in [1.165, 1.54) is 24.3 Å². The molecule has 0 saturated heterocycles. The third-order valence-corrected chi connectivity index (χ3v) is 4.53. The fourth-order valence-electron chi connectivity index (χ4n) is 3.18. The first-order valence-corrected chi connectivity index (χ1v) is 9.14. The van der Waals surface area contributed by atoms with E-state index in [0.717, 1.165) is 21.8 Å². The van der Waals surface area contributed by atoms with Crippen molar-refractivity contribution < 1.29 is 23.9 Å². The second kappa shape index (κ2) is 7.70. The number of pyridine rings is 1. The number of carbonyl (C=O) groups excluding carboxylic acids is 1. The number of aromatic amines is 1. The number of non-ortho nitro benzene ring substituents is 1. The molecule has 4 rings (SSSR count). The monoisotopic (exact) mass is 407 g/mol. The molecule has 1 N–H and O–H groups in total. The van der Waals surface area contributed by atoms with E-state index in [4.69, 9.17) is 14.2 Å². The molecular weight excluding hydrogens is 390 g/mol. The molecule has 9 nitrogen and oxygen atoms in total. The number of ether oxygens (including phenoxy) is 3. The van der Waals surface area contributed by atoms with Crippen LogP contribution >= 0.6 is 0 Å². The normalized spacial score (nSPS) is 10.9. The van der Waals surface area contributed by atoms with E-state index >= 15 is 0 Å². The summed E-state index contributed by atoms with van der Waals surface area (Å²) in [5, 5.41) is 12.5. The Hall–Kier alpha value is -4.14. The predicted octanol–water partition coefficient (Wildman–Crippen LogP) is 5.26. The Balaban J connectivity index is 1.70. The van der Waals surface area contributed by atoms with Gasteiger partial charge in [0, 0.05) is 34.0 Å². The molecule has 152 valence electrons. The van der Waals surface area contributed by atoms with Gasteiger partial charge in [-0.2, -0.15) is 0 Å². The van der Waals surface area contributed by atoms with E-state index < -0.39 is 11.1 Å². The zero-order valence-corrected chi connectivity index (χ0v) is 16.2. The average molecular weight is 407 g/mol. The van der Waals surface area contributed by atoms with Gasteiger partial charge in [-0.15, -0.1) is 0 Å². The van der Waals surface area contributed by atoms with Gasteiger partial charge >= 0.3 is 6.16 Å². The Morgan fingerprint density at radius 2 is 1.87 bits per heavy atom. The minimum atomic E-state index is -0.811. The van der Waals surface area contributed by atoms with Crippen LogP contribution in [0.3, 0.4) is 0 Å². The van der Waals surface area contributed by atoms with Crippen LogP contribution in [0.4, 0.5) is 10.5 Å². The standard InChI is InChI=1S/C21H17N3O6/c1-3-28-21(25)30-20-12(2)19-16-10-15(8-9-17(16)23-18(19)11-22-20)29-14-6-4-13(5-7-14)24(26)27/h4-11,23H,3H2,1-2H3. The second-order valence-electron chi connectivity index (χ2n) is 6.45. The van der Waals surface area contributed by atoms with Crippen molar-refractivity contribution in [2.45, 2.75) is 13.8 Å². The third kappa shape index (κ3) is 3.60. The Morgan fingerprint density at radius 1 is 1.13 bits per heavy atom. The van der Waals surface area contributed by atoms with Crippen LogP contribution in [0.15, 0.2) is 48.7 Å². The highest BCUT2D eigenvalue weighted by Crippen LogP contribution is 2.35. The summed E-state index contributed by atoms with van der Waals surface area (Å²) in [6, 6.07) is 11.3. The maximum Gasteiger partial charge on any atom is 0.515 e. The Kier molecular flexibility index (Phi) is 4.93. The van der Waals surface area contributed by atoms with Gasteiger partial charge in [-0.05, 0) is 44.2 Å². The van der Waals surface area contributed by atoms with Crippen LogP contribution in [0.1, 0.15) is 12.5 Å². The third-order valence-electron chi connectivity index (χ3n) is 4.53. The fraction of sp³-hybridized carbons (Fsp3) is 0.143. The molecule has 30 heavy (non-hydrogen) atoms. The van der Waals surface area contributed by atoms with Gasteiger partial charge in [-0.3, -0.25) is 10.1 Å². The zero-order valence-electron chi connectivity index (χ0n) is 16.2. The lowest BCUT2D eigenvalue weighted by Crippen LogP contribution is -2.11. The summed E-state index contributed by atoms with van der Waals surface area (Å²) in [5.41, 5.74) is 2.32. The Morgan fingerprint density at radius 3 is 2.57 bits per heavy atom. The van der Waals surface area contributed by atoms with E-state index in [1.807, 2.05) is 12.1 Å². The number of nitro groups is 1. The zero-order chi connectivity index (χ0) is 21.3. The summed E-state index contributed by atoms with van der Waals surface area (Å²) >= 11 is 0. The molecule has 0 saturated carbocycles. The molecule has 0 radical (unpaired) electrons. The number of hydrogen-bond acceptors (Lipinski definition) is 7. The molecule has 0 bridgehead atoms. The van der Waals surface area contributed by atoms with Crippen molar-refractivity contribution in [1.82, 2.24) is 9.97 Å². The van der Waals surface area contributed by atoms with Crippen LogP contribution in [0.25, 0.3) is 21.8 Å². The predicted molar refractivity (Wildman–Crippen MR) is 109 cm³/mol. The molecular formula is C21H17N3O6. The van der Waals surface area contributed by atoms with Crippen LogP contribution in [-0.2, 0) is 4.74 Å². The van der Waals surface area contributed by atoms with Gasteiger partial charge < -0.3 is 19.2 Å². The molecule has 0 aliphatic carbocycles. The van der Waals surface area contributed by atoms with Crippen molar-refractivity contribution in [1.29, 1.82) is 0 Å². The smallest absolute Gasteiger partial charge is 0.457 e. The summed E-state index contributed by atoms with van der Waals surface area (Å²) in [6.07, 6.45) is 0.780. The summed E-state index contributed by atoms with van der Waals surface area (Å²) in [4.78, 5) is 29.5. The average Bonchev–Trinajstić information content (AvgIpc) is 3.09. The van der Waals surface area contributed by atoms with E-state index in [0.29, 0.717) is 17.1 Å². The van der Waals surface area contributed by atoms with Gasteiger partial charge in [-0.1, -0.05) is 0 Å². The number of aromatic nitrogens is 2. The van der Waals surface area contributed by atoms with Gasteiger partial charge in [0.25, 0.3) is 5.69 Å². The molecule has 0 fully saturated rings. The fourth-order valence-corrected chi connectivity index (χ4v) is 3.18. The number of aryl methyl sites for hydroxylation is 1. The summed E-state index contributed by atoms with van der Waals surface area (Å²) in [5.74, 6) is 1.20. The molecule has 0 amide bonds. The van der Waals surface area contributed by atoms with Crippen LogP contribution in [0.5, 0.6) is 17.4 Å². The topological polar surface area (TPSA) is 117 Å². The maximum absolute atomic E-state index is 11.7. The van der Waals surface area contributed by atoms with Crippen LogP contribution in [0.2, 0.25) is 0 Å². The van der Waals surface area contributed by atoms with Crippen molar-refractivity contribution in [2.75, 3.05) is 6.61 Å². The number of fused-ring (bicyclic) bond motifs is 3. The van der Waals surface area contributed by atoms with Crippen molar-refractivity contribution in [3.63, 3.8) is 0 Å². The number of hydrogen-bond donors (Lipinski definition) is 1. The van der Waals surface area contributed by atoms with Gasteiger partial charge in [0.1, 0.15) is 11.5 Å². The highest BCUT2D eigenvalue weighted by atomic mass is 16.7. The van der Waals surface area contributed by atoms with Crippen molar-refractivity contribution in [2.24, 2.45) is 0 Å². The largest absolute Gasteiger partial charge is 0.515 e. The van der Waals surface area contributed by atoms with E-state index in [9.17, 15) is 14.9 Å². The molecule has 4 aromatic rings. The van der Waals surface area contributed by atoms with Crippen molar-refractivity contribution in [3.05, 3.63) is 64.3 Å². The van der Waals surface area contributed by atoms with Crippen LogP contribution in [0, 0.1) is 17.0 Å². The lowest BCUT2D eigenvalue weighted by atomic mass is 10.1. The minimum Gasteiger partial charge on any atom is -0.457 e. The summed E-state index contributed by atoms with van der Waals surface area (Å²) in [7, 11) is 0. The van der Waals surface area contributed by atoms with E-state index in [2.05, 4.69) is 9.97 Å². The Labute approximate surface area is 170 Å². The van der Waals surface area contributed by atoms with Crippen LogP contribution in [-0.4, -0.2) is 27.7 Å².